The predicted molar refractivity (Wildman–Crippen MR) is 100 cm³/mol. The zero-order valence-electron chi connectivity index (χ0n) is 15.7. The molecule has 1 aliphatic heterocycles. The van der Waals surface area contributed by atoms with Crippen LogP contribution in [-0.4, -0.2) is 64.2 Å². The highest BCUT2D eigenvalue weighted by molar-refractivity contribution is 5.92. The average molecular weight is 355 g/mol. The van der Waals surface area contributed by atoms with Crippen molar-refractivity contribution in [1.29, 1.82) is 0 Å². The summed E-state index contributed by atoms with van der Waals surface area (Å²) in [6.07, 6.45) is 1.96. The number of rotatable bonds is 4. The minimum Gasteiger partial charge on any atom is -0.357 e. The van der Waals surface area contributed by atoms with Crippen LogP contribution in [0.5, 0.6) is 0 Å². The molecule has 0 bridgehead atoms. The Morgan fingerprint density at radius 3 is 2.73 bits per heavy atom. The molecule has 1 atom stereocenters. The Bertz CT molecular complexity index is 778. The minimum atomic E-state index is -0.0890. The number of aryl methyl sites for hydroxylation is 2. The van der Waals surface area contributed by atoms with Gasteiger partial charge in [-0.05, 0) is 44.9 Å². The largest absolute Gasteiger partial charge is 0.357 e. The van der Waals surface area contributed by atoms with Crippen molar-refractivity contribution in [3.8, 4) is 0 Å². The Kier molecular flexibility index (Phi) is 5.29. The van der Waals surface area contributed by atoms with Crippen LogP contribution >= 0.6 is 0 Å². The Morgan fingerprint density at radius 2 is 2.04 bits per heavy atom. The Morgan fingerprint density at radius 1 is 1.23 bits per heavy atom. The van der Waals surface area contributed by atoms with E-state index in [-0.39, 0.29) is 11.9 Å². The molecule has 0 saturated carbocycles. The third kappa shape index (κ3) is 3.89. The second kappa shape index (κ2) is 7.63. The number of anilines is 2. The summed E-state index contributed by atoms with van der Waals surface area (Å²) in [6, 6.07) is 5.78. The molecule has 3 rings (SSSR count). The van der Waals surface area contributed by atoms with Crippen LogP contribution in [0.15, 0.2) is 18.2 Å². The fourth-order valence-electron chi connectivity index (χ4n) is 3.18. The molecule has 1 N–H and O–H groups in total. The fourth-order valence-corrected chi connectivity index (χ4v) is 3.18. The van der Waals surface area contributed by atoms with Crippen molar-refractivity contribution in [2.45, 2.75) is 32.7 Å². The molecule has 1 aliphatic rings. The number of carbonyl (C=O) groups excluding carboxylic acids is 1. The molecule has 1 unspecified atom stereocenters. The number of aromatic nitrogens is 4. The molecule has 8 heteroatoms. The topological polar surface area (TPSA) is 87.1 Å². The molecule has 1 saturated heterocycles. The third-order valence-electron chi connectivity index (χ3n) is 4.67. The van der Waals surface area contributed by atoms with E-state index in [4.69, 9.17) is 0 Å². The highest BCUT2D eigenvalue weighted by atomic mass is 16.2. The van der Waals surface area contributed by atoms with Gasteiger partial charge in [-0.15, -0.1) is 5.10 Å². The van der Waals surface area contributed by atoms with Crippen molar-refractivity contribution in [1.82, 2.24) is 25.1 Å². The number of carbonyl (C=O) groups is 1. The van der Waals surface area contributed by atoms with E-state index in [9.17, 15) is 4.79 Å². The first-order valence-corrected chi connectivity index (χ1v) is 8.84. The predicted octanol–water partition coefficient (Wildman–Crippen LogP) is 1.67. The standard InChI is InChI=1S/C18H25N7O/c1-12-7-8-16(23-22-12)25-9-5-6-14(11-25)24(4)17(26)15-10-13(2)20-18(19-3)21-15/h7-8,10,14H,5-6,9,11H2,1-4H3,(H,19,20,21). The zero-order valence-corrected chi connectivity index (χ0v) is 15.7. The fraction of sp³-hybridized carbons (Fsp3) is 0.500. The molecular weight excluding hydrogens is 330 g/mol. The molecule has 2 aromatic heterocycles. The summed E-state index contributed by atoms with van der Waals surface area (Å²) >= 11 is 0. The van der Waals surface area contributed by atoms with Crippen LogP contribution < -0.4 is 10.2 Å². The summed E-state index contributed by atoms with van der Waals surface area (Å²) in [4.78, 5) is 25.4. The van der Waals surface area contributed by atoms with Gasteiger partial charge in [0.05, 0.1) is 5.69 Å². The number of hydrogen-bond donors (Lipinski definition) is 1. The van der Waals surface area contributed by atoms with Crippen LogP contribution in [0.1, 0.15) is 34.7 Å². The lowest BCUT2D eigenvalue weighted by molar-refractivity contribution is 0.0711. The molecule has 0 radical (unpaired) electrons. The summed E-state index contributed by atoms with van der Waals surface area (Å²) in [5.74, 6) is 1.23. The number of piperidine rings is 1. The number of hydrogen-bond acceptors (Lipinski definition) is 7. The van der Waals surface area contributed by atoms with E-state index in [1.54, 1.807) is 18.0 Å². The van der Waals surface area contributed by atoms with Gasteiger partial charge in [0, 0.05) is 38.9 Å². The normalized spacial score (nSPS) is 17.1. The van der Waals surface area contributed by atoms with Crippen LogP contribution in [-0.2, 0) is 0 Å². The maximum absolute atomic E-state index is 12.9. The first kappa shape index (κ1) is 18.0. The van der Waals surface area contributed by atoms with Crippen molar-refractivity contribution in [2.75, 3.05) is 37.4 Å². The lowest BCUT2D eigenvalue weighted by Crippen LogP contribution is -2.49. The van der Waals surface area contributed by atoms with Gasteiger partial charge < -0.3 is 15.1 Å². The van der Waals surface area contributed by atoms with E-state index in [0.29, 0.717) is 11.6 Å². The van der Waals surface area contributed by atoms with E-state index in [1.807, 2.05) is 33.0 Å². The van der Waals surface area contributed by atoms with E-state index < -0.39 is 0 Å². The smallest absolute Gasteiger partial charge is 0.272 e. The second-order valence-electron chi connectivity index (χ2n) is 6.66. The molecule has 1 amide bonds. The van der Waals surface area contributed by atoms with Crippen molar-refractivity contribution >= 4 is 17.7 Å². The van der Waals surface area contributed by atoms with Gasteiger partial charge in [-0.1, -0.05) is 0 Å². The zero-order chi connectivity index (χ0) is 18.7. The van der Waals surface area contributed by atoms with E-state index in [0.717, 1.165) is 43.1 Å². The monoisotopic (exact) mass is 355 g/mol. The van der Waals surface area contributed by atoms with Crippen molar-refractivity contribution in [3.63, 3.8) is 0 Å². The van der Waals surface area contributed by atoms with Crippen molar-refractivity contribution in [3.05, 3.63) is 35.3 Å². The summed E-state index contributed by atoms with van der Waals surface area (Å²) in [5, 5.41) is 11.3. The van der Waals surface area contributed by atoms with E-state index >= 15 is 0 Å². The Balaban J connectivity index is 1.74. The molecule has 0 spiro atoms. The van der Waals surface area contributed by atoms with Gasteiger partial charge in [-0.3, -0.25) is 4.79 Å². The summed E-state index contributed by atoms with van der Waals surface area (Å²) in [6.45, 7) is 5.44. The van der Waals surface area contributed by atoms with Crippen LogP contribution in [0.4, 0.5) is 11.8 Å². The van der Waals surface area contributed by atoms with Crippen LogP contribution in [0, 0.1) is 13.8 Å². The van der Waals surface area contributed by atoms with Gasteiger partial charge in [-0.2, -0.15) is 5.10 Å². The minimum absolute atomic E-state index is 0.0890. The number of nitrogens with one attached hydrogen (secondary N) is 1. The van der Waals surface area contributed by atoms with Gasteiger partial charge in [0.15, 0.2) is 5.82 Å². The molecule has 3 heterocycles. The summed E-state index contributed by atoms with van der Waals surface area (Å²) < 4.78 is 0. The number of nitrogens with zero attached hydrogens (tertiary/aromatic N) is 6. The van der Waals surface area contributed by atoms with Crippen molar-refractivity contribution in [2.24, 2.45) is 0 Å². The number of likely N-dealkylation sites (N-methyl/N-ethyl adjacent to an activating group) is 1. The molecule has 26 heavy (non-hydrogen) atoms. The van der Waals surface area contributed by atoms with Gasteiger partial charge in [0.25, 0.3) is 5.91 Å². The van der Waals surface area contributed by atoms with Crippen LogP contribution in [0.25, 0.3) is 0 Å². The molecule has 0 aromatic carbocycles. The molecule has 1 fully saturated rings. The summed E-state index contributed by atoms with van der Waals surface area (Å²) in [5.41, 5.74) is 2.08. The molecule has 138 valence electrons. The molecular formula is C18H25N7O. The van der Waals surface area contributed by atoms with Crippen LogP contribution in [0.2, 0.25) is 0 Å². The third-order valence-corrected chi connectivity index (χ3v) is 4.67. The first-order chi connectivity index (χ1) is 12.5. The number of amides is 1. The second-order valence-corrected chi connectivity index (χ2v) is 6.66. The maximum Gasteiger partial charge on any atom is 0.272 e. The van der Waals surface area contributed by atoms with E-state index in [1.165, 1.54) is 0 Å². The molecule has 8 nitrogen and oxygen atoms in total. The van der Waals surface area contributed by atoms with Gasteiger partial charge in [-0.25, -0.2) is 9.97 Å². The van der Waals surface area contributed by atoms with Crippen molar-refractivity contribution < 1.29 is 4.79 Å². The quantitative estimate of drug-likeness (QED) is 0.892. The Hall–Kier alpha value is -2.77. The first-order valence-electron chi connectivity index (χ1n) is 8.84. The SMILES string of the molecule is CNc1nc(C)cc(C(=O)N(C)C2CCCN(c3ccc(C)nn3)C2)n1. The summed E-state index contributed by atoms with van der Waals surface area (Å²) in [7, 11) is 3.59. The lowest BCUT2D eigenvalue weighted by atomic mass is 10.0. The van der Waals surface area contributed by atoms with Crippen LogP contribution in [0.3, 0.4) is 0 Å². The Labute approximate surface area is 153 Å². The molecule has 2 aromatic rings. The lowest BCUT2D eigenvalue weighted by Gasteiger charge is -2.38. The van der Waals surface area contributed by atoms with Gasteiger partial charge in [0.2, 0.25) is 5.95 Å². The van der Waals surface area contributed by atoms with E-state index in [2.05, 4.69) is 30.4 Å². The molecule has 0 aliphatic carbocycles. The highest BCUT2D eigenvalue weighted by Gasteiger charge is 2.28. The highest BCUT2D eigenvalue weighted by Crippen LogP contribution is 2.21. The van der Waals surface area contributed by atoms with Gasteiger partial charge >= 0.3 is 0 Å². The van der Waals surface area contributed by atoms with Gasteiger partial charge in [0.1, 0.15) is 5.69 Å². The maximum atomic E-state index is 12.9. The average Bonchev–Trinajstić information content (AvgIpc) is 2.67.